The number of amides is 1. The van der Waals surface area contributed by atoms with Gasteiger partial charge in [-0.05, 0) is 24.5 Å². The van der Waals surface area contributed by atoms with Crippen molar-refractivity contribution in [1.29, 1.82) is 0 Å². The zero-order valence-corrected chi connectivity index (χ0v) is 16.9. The number of carboxylic acid groups (broad SMARTS) is 1. The lowest BCUT2D eigenvalue weighted by molar-refractivity contribution is -0.127. The Morgan fingerprint density at radius 3 is 2.62 bits per heavy atom. The van der Waals surface area contributed by atoms with Crippen molar-refractivity contribution in [3.8, 4) is 11.5 Å². The molecule has 3 rings (SSSR count). The number of hydrogen-bond donors (Lipinski definition) is 5. The maximum absolute atomic E-state index is 12.5. The van der Waals surface area contributed by atoms with E-state index in [4.69, 9.17) is 4.74 Å². The number of nitrogens with zero attached hydrogens (tertiary/aromatic N) is 1. The van der Waals surface area contributed by atoms with Crippen LogP contribution in [0.4, 0.5) is 0 Å². The van der Waals surface area contributed by atoms with E-state index in [0.717, 1.165) is 31.3 Å². The van der Waals surface area contributed by atoms with Crippen molar-refractivity contribution in [2.45, 2.75) is 18.0 Å². The Labute approximate surface area is 173 Å². The first-order chi connectivity index (χ1) is 13.8. The van der Waals surface area contributed by atoms with E-state index in [9.17, 15) is 29.9 Å². The van der Waals surface area contributed by atoms with E-state index in [0.29, 0.717) is 13.1 Å². The molecule has 158 valence electrons. The third-order valence-corrected chi connectivity index (χ3v) is 6.87. The molecule has 9 nitrogen and oxygen atoms in total. The summed E-state index contributed by atoms with van der Waals surface area (Å²) in [6.07, 6.45) is 0.958. The number of aromatic hydroxyl groups is 1. The Hall–Kier alpha value is -1.95. The van der Waals surface area contributed by atoms with Crippen LogP contribution < -0.4 is 10.1 Å². The maximum Gasteiger partial charge on any atom is 0.465 e. The first-order valence-corrected chi connectivity index (χ1v) is 10.4. The van der Waals surface area contributed by atoms with Gasteiger partial charge in [-0.1, -0.05) is 6.07 Å². The SMILES string of the molecule is COc1ccc(C[C@H](SCC(=O)N2CCC3(CNC3)C2)B(O)O)c(O)c1C(=O)O. The minimum absolute atomic E-state index is 0.0103. The maximum atomic E-state index is 12.5. The van der Waals surface area contributed by atoms with Gasteiger partial charge in [-0.15, -0.1) is 0 Å². The van der Waals surface area contributed by atoms with Crippen molar-refractivity contribution < 1.29 is 34.6 Å². The van der Waals surface area contributed by atoms with Gasteiger partial charge in [-0.3, -0.25) is 4.79 Å². The van der Waals surface area contributed by atoms with E-state index in [-0.39, 0.29) is 40.4 Å². The third kappa shape index (κ3) is 4.63. The number of phenols is 1. The van der Waals surface area contributed by atoms with E-state index < -0.39 is 24.0 Å². The van der Waals surface area contributed by atoms with Gasteiger partial charge in [0.1, 0.15) is 17.1 Å². The van der Waals surface area contributed by atoms with E-state index >= 15 is 0 Å². The Kier molecular flexibility index (Phi) is 6.62. The van der Waals surface area contributed by atoms with Crippen LogP contribution in [0.25, 0.3) is 0 Å². The van der Waals surface area contributed by atoms with E-state index in [2.05, 4.69) is 5.32 Å². The lowest BCUT2D eigenvalue weighted by Gasteiger charge is -2.39. The highest BCUT2D eigenvalue weighted by Gasteiger charge is 2.44. The summed E-state index contributed by atoms with van der Waals surface area (Å²) in [5.41, 5.74) is 0.0499. The van der Waals surface area contributed by atoms with Crippen molar-refractivity contribution in [1.82, 2.24) is 10.2 Å². The molecule has 0 aromatic heterocycles. The lowest BCUT2D eigenvalue weighted by Crippen LogP contribution is -2.55. The van der Waals surface area contributed by atoms with Gasteiger partial charge in [-0.2, -0.15) is 11.8 Å². The first kappa shape index (κ1) is 21.8. The van der Waals surface area contributed by atoms with Crippen molar-refractivity contribution in [3.05, 3.63) is 23.3 Å². The largest absolute Gasteiger partial charge is 0.507 e. The number of methoxy groups -OCH3 is 1. The molecule has 0 radical (unpaired) electrons. The van der Waals surface area contributed by atoms with Crippen molar-refractivity contribution in [2.75, 3.05) is 39.0 Å². The Bertz CT molecular complexity index is 788. The molecule has 0 saturated carbocycles. The summed E-state index contributed by atoms with van der Waals surface area (Å²) >= 11 is 1.08. The van der Waals surface area contributed by atoms with Gasteiger partial charge in [0, 0.05) is 36.7 Å². The van der Waals surface area contributed by atoms with E-state index in [1.165, 1.54) is 19.2 Å². The standard InChI is InChI=1S/C18H25BN2O7S/c1-28-12-3-2-11(16(23)15(12)17(24)25)6-13(19(26)27)29-7-14(22)21-5-4-18(10-21)8-20-9-18/h2-3,13,20,23,26-27H,4-10H2,1H3,(H,24,25)/t13-/m0/s1. The second kappa shape index (κ2) is 8.82. The average Bonchev–Trinajstić information content (AvgIpc) is 3.11. The highest BCUT2D eigenvalue weighted by molar-refractivity contribution is 8.01. The number of aromatic carboxylic acids is 1. The van der Waals surface area contributed by atoms with E-state index in [1.807, 2.05) is 4.90 Å². The van der Waals surface area contributed by atoms with Gasteiger partial charge < -0.3 is 35.2 Å². The molecule has 0 unspecified atom stereocenters. The summed E-state index contributed by atoms with van der Waals surface area (Å²) in [7, 11) is -0.437. The number of rotatable bonds is 8. The molecule has 2 aliphatic heterocycles. The van der Waals surface area contributed by atoms with Crippen molar-refractivity contribution >= 4 is 30.8 Å². The molecule has 0 aliphatic carbocycles. The fourth-order valence-corrected chi connectivity index (χ4v) is 4.82. The summed E-state index contributed by atoms with van der Waals surface area (Å²) in [4.78, 5) is 25.8. The smallest absolute Gasteiger partial charge is 0.465 e. The highest BCUT2D eigenvalue weighted by atomic mass is 32.2. The van der Waals surface area contributed by atoms with Gasteiger partial charge in [0.15, 0.2) is 0 Å². The topological polar surface area (TPSA) is 140 Å². The number of benzene rings is 1. The predicted octanol–water partition coefficient (Wildman–Crippen LogP) is -0.423. The summed E-state index contributed by atoms with van der Waals surface area (Å²) < 4.78 is 4.96. The average molecular weight is 424 g/mol. The zero-order chi connectivity index (χ0) is 21.2. The molecule has 29 heavy (non-hydrogen) atoms. The number of thioether (sulfide) groups is 1. The summed E-state index contributed by atoms with van der Waals surface area (Å²) in [6.45, 7) is 3.26. The molecular formula is C18H25BN2O7S. The quantitative estimate of drug-likeness (QED) is 0.352. The van der Waals surface area contributed by atoms with Crippen molar-refractivity contribution in [2.24, 2.45) is 5.41 Å². The Balaban J connectivity index is 1.64. The van der Waals surface area contributed by atoms with Crippen LogP contribution in [0.5, 0.6) is 11.5 Å². The van der Waals surface area contributed by atoms with Crippen molar-refractivity contribution in [3.63, 3.8) is 0 Å². The lowest BCUT2D eigenvalue weighted by atomic mass is 9.81. The second-order valence-electron chi connectivity index (χ2n) is 7.59. The molecule has 1 amide bonds. The number of nitrogens with one attached hydrogen (secondary N) is 1. The summed E-state index contributed by atoms with van der Waals surface area (Å²) in [6, 6.07) is 2.89. The molecule has 1 aromatic carbocycles. The van der Waals surface area contributed by atoms with Gasteiger partial charge >= 0.3 is 13.1 Å². The van der Waals surface area contributed by atoms with Crippen LogP contribution in [0, 0.1) is 5.41 Å². The van der Waals surface area contributed by atoms with Crippen LogP contribution in [0.3, 0.4) is 0 Å². The third-order valence-electron chi connectivity index (χ3n) is 5.62. The number of carbonyl (C=O) groups excluding carboxylic acids is 1. The molecule has 2 aliphatic rings. The fourth-order valence-electron chi connectivity index (χ4n) is 3.81. The minimum Gasteiger partial charge on any atom is -0.507 e. The molecular weight excluding hydrogens is 399 g/mol. The second-order valence-corrected chi connectivity index (χ2v) is 8.82. The molecule has 1 spiro atoms. The molecule has 2 saturated heterocycles. The molecule has 11 heteroatoms. The van der Waals surface area contributed by atoms with Crippen LogP contribution in [0.1, 0.15) is 22.3 Å². The van der Waals surface area contributed by atoms with Crippen LogP contribution in [-0.4, -0.2) is 88.3 Å². The molecule has 5 N–H and O–H groups in total. The van der Waals surface area contributed by atoms with Gasteiger partial charge in [0.25, 0.3) is 0 Å². The van der Waals surface area contributed by atoms with Gasteiger partial charge in [0.2, 0.25) is 5.91 Å². The normalized spacial score (nSPS) is 18.4. The van der Waals surface area contributed by atoms with Crippen LogP contribution in [-0.2, 0) is 11.2 Å². The number of carboxylic acids is 1. The zero-order valence-electron chi connectivity index (χ0n) is 16.1. The van der Waals surface area contributed by atoms with E-state index in [1.54, 1.807) is 0 Å². The summed E-state index contributed by atoms with van der Waals surface area (Å²) in [5, 5.41) is 41.5. The fraction of sp³-hybridized carbons (Fsp3) is 0.556. The molecule has 2 heterocycles. The summed E-state index contributed by atoms with van der Waals surface area (Å²) in [5.74, 6) is -1.80. The Morgan fingerprint density at radius 2 is 2.10 bits per heavy atom. The van der Waals surface area contributed by atoms with Gasteiger partial charge in [-0.25, -0.2) is 4.79 Å². The predicted molar refractivity (Wildman–Crippen MR) is 108 cm³/mol. The number of carbonyl (C=O) groups is 2. The monoisotopic (exact) mass is 424 g/mol. The first-order valence-electron chi connectivity index (χ1n) is 9.35. The minimum atomic E-state index is -1.73. The van der Waals surface area contributed by atoms with Crippen LogP contribution in [0.2, 0.25) is 0 Å². The number of likely N-dealkylation sites (tertiary alicyclic amines) is 1. The van der Waals surface area contributed by atoms with Crippen LogP contribution in [0.15, 0.2) is 12.1 Å². The number of ether oxygens (including phenoxy) is 1. The van der Waals surface area contributed by atoms with Gasteiger partial charge in [0.05, 0.1) is 12.9 Å². The molecule has 1 atom stereocenters. The molecule has 2 fully saturated rings. The highest BCUT2D eigenvalue weighted by Crippen LogP contribution is 2.35. The van der Waals surface area contributed by atoms with Crippen LogP contribution >= 0.6 is 11.8 Å². The molecule has 0 bridgehead atoms. The molecule has 1 aromatic rings. The Morgan fingerprint density at radius 1 is 1.38 bits per heavy atom. The number of hydrogen-bond acceptors (Lipinski definition) is 8.